The minimum Gasteiger partial charge on any atom is -0.409 e. The topological polar surface area (TPSA) is 101 Å². The number of amidine groups is 1. The lowest BCUT2D eigenvalue weighted by molar-refractivity contribution is 0.318. The molecule has 0 spiro atoms. The smallest absolute Gasteiger partial charge is 0.192 e. The first kappa shape index (κ1) is 12.7. The molecule has 2 rings (SSSR count). The van der Waals surface area contributed by atoms with Crippen molar-refractivity contribution in [3.63, 3.8) is 0 Å². The Morgan fingerprint density at radius 2 is 1.95 bits per heavy atom. The van der Waals surface area contributed by atoms with Gasteiger partial charge in [-0.3, -0.25) is 4.98 Å². The fourth-order valence-corrected chi connectivity index (χ4v) is 1.68. The number of oxime groups is 1. The molecule has 0 aliphatic heterocycles. The van der Waals surface area contributed by atoms with E-state index in [0.717, 1.165) is 5.56 Å². The van der Waals surface area contributed by atoms with Gasteiger partial charge in [0.1, 0.15) is 0 Å². The highest BCUT2D eigenvalue weighted by atomic mass is 16.4. The lowest BCUT2D eigenvalue weighted by atomic mass is 10.2. The molecule has 0 aliphatic carbocycles. The van der Waals surface area contributed by atoms with Crippen molar-refractivity contribution in [1.82, 2.24) is 15.0 Å². The molecule has 2 heterocycles. The number of nitrogens with two attached hydrogens (primary N) is 1. The second kappa shape index (κ2) is 5.76. The van der Waals surface area contributed by atoms with E-state index >= 15 is 0 Å². The van der Waals surface area contributed by atoms with Crippen LogP contribution in [0.4, 0.5) is 5.82 Å². The predicted molar refractivity (Wildman–Crippen MR) is 70.9 cm³/mol. The van der Waals surface area contributed by atoms with Gasteiger partial charge in [-0.05, 0) is 17.7 Å². The van der Waals surface area contributed by atoms with Crippen LogP contribution in [-0.4, -0.2) is 33.0 Å². The Hall–Kier alpha value is -2.70. The summed E-state index contributed by atoms with van der Waals surface area (Å²) in [6.45, 7) is 0.618. The number of aromatic nitrogens is 3. The molecule has 0 unspecified atom stereocenters. The van der Waals surface area contributed by atoms with E-state index in [4.69, 9.17) is 10.9 Å². The van der Waals surface area contributed by atoms with Gasteiger partial charge in [-0.1, -0.05) is 5.16 Å². The molecule has 0 amide bonds. The van der Waals surface area contributed by atoms with Gasteiger partial charge in [-0.2, -0.15) is 0 Å². The summed E-state index contributed by atoms with van der Waals surface area (Å²) in [7, 11) is 1.86. The zero-order valence-electron chi connectivity index (χ0n) is 10.4. The Kier molecular flexibility index (Phi) is 3.87. The quantitative estimate of drug-likeness (QED) is 0.360. The van der Waals surface area contributed by atoms with E-state index in [0.29, 0.717) is 18.1 Å². The highest BCUT2D eigenvalue weighted by Crippen LogP contribution is 2.15. The molecular formula is C12H14N6O. The molecule has 0 bridgehead atoms. The van der Waals surface area contributed by atoms with E-state index in [1.54, 1.807) is 18.6 Å². The summed E-state index contributed by atoms with van der Waals surface area (Å²) in [6.07, 6.45) is 6.51. The molecule has 98 valence electrons. The van der Waals surface area contributed by atoms with Crippen molar-refractivity contribution in [2.24, 2.45) is 10.9 Å². The molecule has 7 nitrogen and oxygen atoms in total. The van der Waals surface area contributed by atoms with Crippen LogP contribution in [0.2, 0.25) is 0 Å². The average Bonchev–Trinajstić information content (AvgIpc) is 2.47. The van der Waals surface area contributed by atoms with Gasteiger partial charge in [0.15, 0.2) is 17.3 Å². The Labute approximate surface area is 110 Å². The Bertz CT molecular complexity index is 571. The van der Waals surface area contributed by atoms with Crippen molar-refractivity contribution in [3.05, 3.63) is 48.2 Å². The third kappa shape index (κ3) is 2.95. The first-order valence-corrected chi connectivity index (χ1v) is 5.61. The second-order valence-corrected chi connectivity index (χ2v) is 3.93. The molecule has 7 heteroatoms. The number of hydrogen-bond acceptors (Lipinski definition) is 6. The molecule has 3 N–H and O–H groups in total. The summed E-state index contributed by atoms with van der Waals surface area (Å²) < 4.78 is 0. The van der Waals surface area contributed by atoms with Gasteiger partial charge < -0.3 is 15.8 Å². The third-order valence-electron chi connectivity index (χ3n) is 2.56. The highest BCUT2D eigenvalue weighted by Gasteiger charge is 2.14. The molecular weight excluding hydrogens is 244 g/mol. The van der Waals surface area contributed by atoms with Crippen LogP contribution in [0.1, 0.15) is 11.3 Å². The van der Waals surface area contributed by atoms with Gasteiger partial charge in [0, 0.05) is 38.4 Å². The highest BCUT2D eigenvalue weighted by molar-refractivity contribution is 5.99. The van der Waals surface area contributed by atoms with E-state index in [9.17, 15) is 0 Å². The lowest BCUT2D eigenvalue weighted by Crippen LogP contribution is -2.24. The van der Waals surface area contributed by atoms with Crippen molar-refractivity contribution in [3.8, 4) is 0 Å². The third-order valence-corrected chi connectivity index (χ3v) is 2.56. The van der Waals surface area contributed by atoms with E-state index in [1.807, 2.05) is 24.1 Å². The van der Waals surface area contributed by atoms with Gasteiger partial charge in [-0.25, -0.2) is 9.97 Å². The van der Waals surface area contributed by atoms with E-state index in [2.05, 4.69) is 20.1 Å². The molecule has 2 aromatic rings. The van der Waals surface area contributed by atoms with Crippen LogP contribution >= 0.6 is 0 Å². The van der Waals surface area contributed by atoms with Gasteiger partial charge in [0.25, 0.3) is 0 Å². The first-order valence-electron chi connectivity index (χ1n) is 5.61. The van der Waals surface area contributed by atoms with Crippen LogP contribution < -0.4 is 10.6 Å². The van der Waals surface area contributed by atoms with Crippen molar-refractivity contribution in [2.75, 3.05) is 11.9 Å². The standard InChI is InChI=1S/C12H14N6O/c1-18(8-9-2-4-14-5-3-9)12-10(11(13)17-19)15-6-7-16-12/h2-7,19H,8H2,1H3,(H2,13,17). The van der Waals surface area contributed by atoms with Crippen LogP contribution in [-0.2, 0) is 6.54 Å². The molecule has 0 atom stereocenters. The predicted octanol–water partition coefficient (Wildman–Crippen LogP) is 0.603. The SMILES string of the molecule is CN(Cc1ccncc1)c1nccnc1C(N)=NO. The molecule has 0 aromatic carbocycles. The van der Waals surface area contributed by atoms with Gasteiger partial charge in [0.05, 0.1) is 0 Å². The summed E-state index contributed by atoms with van der Waals surface area (Å²) in [5.41, 5.74) is 7.01. The number of nitrogens with zero attached hydrogens (tertiary/aromatic N) is 5. The molecule has 0 saturated carbocycles. The monoisotopic (exact) mass is 258 g/mol. The minimum atomic E-state index is -0.0651. The van der Waals surface area contributed by atoms with Crippen molar-refractivity contribution in [2.45, 2.75) is 6.54 Å². The Morgan fingerprint density at radius 1 is 1.26 bits per heavy atom. The minimum absolute atomic E-state index is 0.0651. The molecule has 0 saturated heterocycles. The summed E-state index contributed by atoms with van der Waals surface area (Å²) in [4.78, 5) is 14.1. The maximum absolute atomic E-state index is 8.75. The Morgan fingerprint density at radius 3 is 2.63 bits per heavy atom. The van der Waals surface area contributed by atoms with E-state index < -0.39 is 0 Å². The van der Waals surface area contributed by atoms with Gasteiger partial charge >= 0.3 is 0 Å². The molecule has 19 heavy (non-hydrogen) atoms. The number of anilines is 1. The van der Waals surface area contributed by atoms with Crippen LogP contribution in [0.15, 0.2) is 42.1 Å². The van der Waals surface area contributed by atoms with Crippen molar-refractivity contribution in [1.29, 1.82) is 0 Å². The fourth-order valence-electron chi connectivity index (χ4n) is 1.68. The summed E-state index contributed by atoms with van der Waals surface area (Å²) in [5.74, 6) is 0.485. The molecule has 2 aromatic heterocycles. The van der Waals surface area contributed by atoms with Crippen LogP contribution in [0.25, 0.3) is 0 Å². The zero-order chi connectivity index (χ0) is 13.7. The van der Waals surface area contributed by atoms with Crippen LogP contribution in [0, 0.1) is 0 Å². The number of pyridine rings is 1. The van der Waals surface area contributed by atoms with Crippen LogP contribution in [0.3, 0.4) is 0 Å². The second-order valence-electron chi connectivity index (χ2n) is 3.93. The largest absolute Gasteiger partial charge is 0.409 e. The maximum atomic E-state index is 8.75. The van der Waals surface area contributed by atoms with Crippen molar-refractivity contribution >= 4 is 11.7 Å². The van der Waals surface area contributed by atoms with Crippen molar-refractivity contribution < 1.29 is 5.21 Å². The summed E-state index contributed by atoms with van der Waals surface area (Å²) in [5, 5.41) is 11.7. The normalized spacial score (nSPS) is 11.3. The summed E-state index contributed by atoms with van der Waals surface area (Å²) in [6, 6.07) is 3.83. The van der Waals surface area contributed by atoms with E-state index in [1.165, 1.54) is 6.20 Å². The first-order chi connectivity index (χ1) is 9.22. The number of hydrogen-bond donors (Lipinski definition) is 2. The average molecular weight is 258 g/mol. The fraction of sp³-hybridized carbons (Fsp3) is 0.167. The molecule has 0 aliphatic rings. The van der Waals surface area contributed by atoms with Gasteiger partial charge in [-0.15, -0.1) is 0 Å². The van der Waals surface area contributed by atoms with Crippen LogP contribution in [0.5, 0.6) is 0 Å². The molecule has 0 radical (unpaired) electrons. The maximum Gasteiger partial charge on any atom is 0.192 e. The zero-order valence-corrected chi connectivity index (χ0v) is 10.4. The van der Waals surface area contributed by atoms with Gasteiger partial charge in [0.2, 0.25) is 0 Å². The summed E-state index contributed by atoms with van der Waals surface area (Å²) >= 11 is 0. The lowest BCUT2D eigenvalue weighted by Gasteiger charge is -2.19. The van der Waals surface area contributed by atoms with E-state index in [-0.39, 0.29) is 5.84 Å². The number of rotatable bonds is 4. The molecule has 0 fully saturated rings. The Balaban J connectivity index is 2.27.